The Bertz CT molecular complexity index is 1140. The first kappa shape index (κ1) is 18.5. The Kier molecular flexibility index (Phi) is 5.10. The van der Waals surface area contributed by atoms with Crippen LogP contribution in [-0.2, 0) is 0 Å². The topological polar surface area (TPSA) is 82.0 Å². The molecule has 0 radical (unpaired) electrons. The van der Waals surface area contributed by atoms with Crippen molar-refractivity contribution in [2.24, 2.45) is 0 Å². The number of methoxy groups -OCH3 is 1. The van der Waals surface area contributed by atoms with Gasteiger partial charge >= 0.3 is 6.61 Å². The molecule has 0 unspecified atom stereocenters. The van der Waals surface area contributed by atoms with E-state index in [-0.39, 0.29) is 5.75 Å². The summed E-state index contributed by atoms with van der Waals surface area (Å²) in [5.41, 5.74) is 1.65. The summed E-state index contributed by atoms with van der Waals surface area (Å²) in [4.78, 5) is 17.4. The van der Waals surface area contributed by atoms with Crippen LogP contribution in [-0.4, -0.2) is 33.7 Å². The molecule has 0 amide bonds. The molecule has 2 heterocycles. The first-order chi connectivity index (χ1) is 14.1. The van der Waals surface area contributed by atoms with E-state index in [1.807, 2.05) is 6.07 Å². The molecule has 4 aromatic rings. The lowest BCUT2D eigenvalue weighted by Gasteiger charge is -2.12. The molecule has 146 valence electrons. The van der Waals surface area contributed by atoms with Gasteiger partial charge in [0.15, 0.2) is 5.82 Å². The molecule has 9 heteroatoms. The number of nitrogens with zero attached hydrogens (tertiary/aromatic N) is 4. The summed E-state index contributed by atoms with van der Waals surface area (Å²) in [6.07, 6.45) is 4.66. The fraction of sp³-hybridized carbons (Fsp3) is 0.100. The van der Waals surface area contributed by atoms with Crippen molar-refractivity contribution in [3.63, 3.8) is 0 Å². The Labute approximate surface area is 164 Å². The van der Waals surface area contributed by atoms with E-state index in [1.165, 1.54) is 12.1 Å². The molecule has 29 heavy (non-hydrogen) atoms. The molecule has 0 saturated carbocycles. The summed E-state index contributed by atoms with van der Waals surface area (Å²) < 4.78 is 34.8. The van der Waals surface area contributed by atoms with Gasteiger partial charge in [0.2, 0.25) is 0 Å². The van der Waals surface area contributed by atoms with Gasteiger partial charge in [-0.15, -0.1) is 0 Å². The Hall–Kier alpha value is -3.88. The minimum absolute atomic E-state index is 0.0409. The number of alkyl halides is 2. The number of halogens is 2. The zero-order valence-corrected chi connectivity index (χ0v) is 15.2. The van der Waals surface area contributed by atoms with Crippen molar-refractivity contribution in [3.05, 3.63) is 61.1 Å². The van der Waals surface area contributed by atoms with Crippen molar-refractivity contribution in [3.8, 4) is 23.0 Å². The molecule has 4 rings (SSSR count). The van der Waals surface area contributed by atoms with Crippen LogP contribution in [0.3, 0.4) is 0 Å². The van der Waals surface area contributed by atoms with Gasteiger partial charge in [-0.2, -0.15) is 8.78 Å². The maximum atomic E-state index is 12.5. The van der Waals surface area contributed by atoms with Crippen LogP contribution in [0.15, 0.2) is 61.1 Å². The molecule has 0 saturated heterocycles. The number of nitrogens with one attached hydrogen (secondary N) is 1. The molecule has 1 N–H and O–H groups in total. The Morgan fingerprint density at radius 2 is 1.90 bits per heavy atom. The van der Waals surface area contributed by atoms with Crippen LogP contribution in [0.2, 0.25) is 0 Å². The number of hydrogen-bond donors (Lipinski definition) is 1. The third kappa shape index (κ3) is 4.18. The zero-order valence-electron chi connectivity index (χ0n) is 15.2. The zero-order chi connectivity index (χ0) is 20.2. The smallest absolute Gasteiger partial charge is 0.387 e. The molecule has 2 aromatic heterocycles. The molecule has 2 aromatic carbocycles. The average Bonchev–Trinajstić information content (AvgIpc) is 2.73. The highest BCUT2D eigenvalue weighted by molar-refractivity contribution is 5.93. The van der Waals surface area contributed by atoms with Crippen LogP contribution >= 0.6 is 0 Å². The number of rotatable bonds is 6. The van der Waals surface area contributed by atoms with Crippen LogP contribution in [0.5, 0.6) is 11.5 Å². The van der Waals surface area contributed by atoms with Crippen LogP contribution in [0.4, 0.5) is 20.3 Å². The summed E-state index contributed by atoms with van der Waals surface area (Å²) in [5, 5.41) is 3.86. The molecule has 0 spiro atoms. The highest BCUT2D eigenvalue weighted by Crippen LogP contribution is 2.30. The van der Waals surface area contributed by atoms with Gasteiger partial charge in [-0.3, -0.25) is 4.98 Å². The monoisotopic (exact) mass is 395 g/mol. The second kappa shape index (κ2) is 8.01. The third-order valence-corrected chi connectivity index (χ3v) is 4.02. The van der Waals surface area contributed by atoms with Gasteiger partial charge in [-0.25, -0.2) is 15.0 Å². The molecule has 0 aliphatic carbocycles. The van der Waals surface area contributed by atoms with E-state index in [1.54, 1.807) is 50.0 Å². The summed E-state index contributed by atoms with van der Waals surface area (Å²) in [6.45, 7) is -2.90. The van der Waals surface area contributed by atoms with Crippen LogP contribution in [0.25, 0.3) is 22.4 Å². The highest BCUT2D eigenvalue weighted by atomic mass is 19.3. The van der Waals surface area contributed by atoms with E-state index < -0.39 is 6.61 Å². The number of aromatic nitrogens is 4. The fourth-order valence-corrected chi connectivity index (χ4v) is 2.75. The number of anilines is 2. The van der Waals surface area contributed by atoms with Gasteiger partial charge < -0.3 is 14.8 Å². The predicted octanol–water partition coefficient (Wildman–Crippen LogP) is 4.44. The lowest BCUT2D eigenvalue weighted by molar-refractivity contribution is -0.0498. The van der Waals surface area contributed by atoms with Gasteiger partial charge in [0.25, 0.3) is 0 Å². The maximum Gasteiger partial charge on any atom is 0.387 e. The van der Waals surface area contributed by atoms with Crippen molar-refractivity contribution in [2.45, 2.75) is 6.61 Å². The van der Waals surface area contributed by atoms with E-state index in [0.29, 0.717) is 34.3 Å². The first-order valence-corrected chi connectivity index (χ1v) is 8.56. The van der Waals surface area contributed by atoms with E-state index in [2.05, 4.69) is 30.0 Å². The van der Waals surface area contributed by atoms with Gasteiger partial charge in [0.05, 0.1) is 18.8 Å². The maximum absolute atomic E-state index is 12.5. The van der Waals surface area contributed by atoms with Crippen molar-refractivity contribution < 1.29 is 18.3 Å². The van der Waals surface area contributed by atoms with Gasteiger partial charge in [0.1, 0.15) is 23.0 Å². The Morgan fingerprint density at radius 1 is 1.00 bits per heavy atom. The number of fused-ring (bicyclic) bond motifs is 1. The van der Waals surface area contributed by atoms with Crippen molar-refractivity contribution >= 4 is 22.4 Å². The minimum atomic E-state index is -2.90. The first-order valence-electron chi connectivity index (χ1n) is 8.56. The second-order valence-corrected chi connectivity index (χ2v) is 5.90. The summed E-state index contributed by atoms with van der Waals surface area (Å²) in [5.74, 6) is 1.52. The molecule has 0 atom stereocenters. The Balaban J connectivity index is 1.80. The summed E-state index contributed by atoms with van der Waals surface area (Å²) in [7, 11) is 1.57. The minimum Gasteiger partial charge on any atom is -0.497 e. The number of benzene rings is 2. The molecule has 0 aliphatic heterocycles. The van der Waals surface area contributed by atoms with Crippen molar-refractivity contribution in [1.29, 1.82) is 0 Å². The fourth-order valence-electron chi connectivity index (χ4n) is 2.75. The lowest BCUT2D eigenvalue weighted by Crippen LogP contribution is -2.03. The van der Waals surface area contributed by atoms with Gasteiger partial charge in [0, 0.05) is 35.6 Å². The van der Waals surface area contributed by atoms with Crippen LogP contribution in [0.1, 0.15) is 0 Å². The number of ether oxygens (including phenoxy) is 2. The summed E-state index contributed by atoms with van der Waals surface area (Å²) >= 11 is 0. The SMILES string of the molecule is COc1ccc2c(Nc3cccc(OC(F)F)c3)nc(-c3cnccn3)nc2c1. The average molecular weight is 395 g/mol. The van der Waals surface area contributed by atoms with Crippen molar-refractivity contribution in [2.75, 3.05) is 12.4 Å². The van der Waals surface area contributed by atoms with Crippen molar-refractivity contribution in [1.82, 2.24) is 19.9 Å². The molecule has 0 fully saturated rings. The Morgan fingerprint density at radius 3 is 2.66 bits per heavy atom. The lowest BCUT2D eigenvalue weighted by atomic mass is 10.2. The van der Waals surface area contributed by atoms with Gasteiger partial charge in [-0.1, -0.05) is 6.07 Å². The highest BCUT2D eigenvalue weighted by Gasteiger charge is 2.13. The number of hydrogen-bond acceptors (Lipinski definition) is 7. The molecule has 0 bridgehead atoms. The van der Waals surface area contributed by atoms with E-state index >= 15 is 0 Å². The quantitative estimate of drug-likeness (QED) is 0.517. The van der Waals surface area contributed by atoms with Crippen LogP contribution in [0, 0.1) is 0 Å². The van der Waals surface area contributed by atoms with E-state index in [9.17, 15) is 8.78 Å². The largest absolute Gasteiger partial charge is 0.497 e. The predicted molar refractivity (Wildman–Crippen MR) is 103 cm³/mol. The second-order valence-electron chi connectivity index (χ2n) is 5.90. The third-order valence-electron chi connectivity index (χ3n) is 4.02. The molecule has 7 nitrogen and oxygen atoms in total. The standard InChI is InChI=1S/C20H15F2N5O2/c1-28-13-5-6-15-16(10-13)26-19(17-11-23-7-8-24-17)27-18(15)25-12-3-2-4-14(9-12)29-20(21)22/h2-11,20H,1H3,(H,25,26,27). The van der Waals surface area contributed by atoms with Crippen LogP contribution < -0.4 is 14.8 Å². The molecular formula is C20H15F2N5O2. The van der Waals surface area contributed by atoms with Gasteiger partial charge in [-0.05, 0) is 24.3 Å². The molecule has 0 aliphatic rings. The van der Waals surface area contributed by atoms with E-state index in [4.69, 9.17) is 4.74 Å². The summed E-state index contributed by atoms with van der Waals surface area (Å²) in [6, 6.07) is 11.6. The van der Waals surface area contributed by atoms with E-state index in [0.717, 1.165) is 5.39 Å². The normalized spacial score (nSPS) is 10.9. The molecular weight excluding hydrogens is 380 g/mol.